The van der Waals surface area contributed by atoms with E-state index in [2.05, 4.69) is 0 Å². The molecule has 3 nitrogen and oxygen atoms in total. The predicted molar refractivity (Wildman–Crippen MR) is 94.8 cm³/mol. The molecule has 3 aromatic rings. The van der Waals surface area contributed by atoms with Gasteiger partial charge in [-0.2, -0.15) is 0 Å². The number of carbonyl (C=O) groups is 1. The number of likely N-dealkylation sites (tertiary alicyclic amines) is 1. The maximum absolute atomic E-state index is 14.6. The van der Waals surface area contributed by atoms with E-state index in [1.807, 2.05) is 30.3 Å². The van der Waals surface area contributed by atoms with Crippen molar-refractivity contribution in [2.75, 3.05) is 6.54 Å². The van der Waals surface area contributed by atoms with Gasteiger partial charge in [0.15, 0.2) is 0 Å². The number of hydrogen-bond donors (Lipinski definition) is 1. The summed E-state index contributed by atoms with van der Waals surface area (Å²) in [6.45, 7) is 0.556. The Morgan fingerprint density at radius 1 is 1.00 bits per heavy atom. The maximum atomic E-state index is 14.6. The molecule has 1 heterocycles. The van der Waals surface area contributed by atoms with Crippen molar-refractivity contribution in [2.45, 2.75) is 18.9 Å². The summed E-state index contributed by atoms with van der Waals surface area (Å²) in [6, 6.07) is 16.9. The van der Waals surface area contributed by atoms with E-state index in [9.17, 15) is 14.3 Å². The van der Waals surface area contributed by atoms with Gasteiger partial charge < -0.3 is 10.0 Å². The molecule has 1 aliphatic rings. The van der Waals surface area contributed by atoms with Gasteiger partial charge in [-0.25, -0.2) is 4.39 Å². The zero-order valence-corrected chi connectivity index (χ0v) is 13.7. The molecule has 1 atom stereocenters. The SMILES string of the molecule is O=C1CCCN1C(c1ccccc1F)c1c(O)ccc2ccccc12. The number of rotatable bonds is 3. The number of nitrogens with zero attached hydrogens (tertiary/aromatic N) is 1. The Morgan fingerprint density at radius 2 is 1.76 bits per heavy atom. The Labute approximate surface area is 145 Å². The molecule has 1 fully saturated rings. The second-order valence-corrected chi connectivity index (χ2v) is 6.33. The molecule has 3 aromatic carbocycles. The Kier molecular flexibility index (Phi) is 3.88. The van der Waals surface area contributed by atoms with Crippen LogP contribution in [0.2, 0.25) is 0 Å². The minimum atomic E-state index is -0.637. The van der Waals surface area contributed by atoms with Gasteiger partial charge in [-0.05, 0) is 29.3 Å². The lowest BCUT2D eigenvalue weighted by atomic mass is 9.91. The standard InChI is InChI=1S/C21H18FNO2/c22-17-9-4-3-8-16(17)21(23-13-5-10-19(23)25)20-15-7-2-1-6-14(15)11-12-18(20)24/h1-4,6-9,11-12,21,24H,5,10,13H2. The molecule has 0 saturated carbocycles. The van der Waals surface area contributed by atoms with E-state index in [0.29, 0.717) is 24.1 Å². The molecule has 1 N–H and O–H groups in total. The molecule has 0 aliphatic carbocycles. The summed E-state index contributed by atoms with van der Waals surface area (Å²) in [7, 11) is 0. The molecule has 1 unspecified atom stereocenters. The van der Waals surface area contributed by atoms with Crippen molar-refractivity contribution in [2.24, 2.45) is 0 Å². The Hall–Kier alpha value is -2.88. The van der Waals surface area contributed by atoms with Crippen LogP contribution in [-0.2, 0) is 4.79 Å². The number of phenols is 1. The van der Waals surface area contributed by atoms with E-state index >= 15 is 0 Å². The summed E-state index contributed by atoms with van der Waals surface area (Å²) in [5.41, 5.74) is 0.989. The summed E-state index contributed by atoms with van der Waals surface area (Å²) in [5.74, 6) is -0.313. The van der Waals surface area contributed by atoms with E-state index < -0.39 is 6.04 Å². The number of halogens is 1. The molecule has 4 heteroatoms. The first-order chi connectivity index (χ1) is 12.2. The highest BCUT2D eigenvalue weighted by atomic mass is 19.1. The van der Waals surface area contributed by atoms with Gasteiger partial charge in [-0.15, -0.1) is 0 Å². The Morgan fingerprint density at radius 3 is 2.52 bits per heavy atom. The van der Waals surface area contributed by atoms with E-state index in [-0.39, 0.29) is 17.5 Å². The molecule has 0 bridgehead atoms. The second-order valence-electron chi connectivity index (χ2n) is 6.33. The summed E-state index contributed by atoms with van der Waals surface area (Å²) in [6.07, 6.45) is 1.20. The normalized spacial score (nSPS) is 15.7. The number of hydrogen-bond acceptors (Lipinski definition) is 2. The van der Waals surface area contributed by atoms with E-state index in [4.69, 9.17) is 0 Å². The number of phenolic OH excluding ortho intramolecular Hbond substituents is 1. The first kappa shape index (κ1) is 15.6. The van der Waals surface area contributed by atoms with Gasteiger partial charge in [0, 0.05) is 24.1 Å². The van der Waals surface area contributed by atoms with Crippen LogP contribution in [0.1, 0.15) is 30.0 Å². The zero-order chi connectivity index (χ0) is 17.4. The van der Waals surface area contributed by atoms with Gasteiger partial charge in [0.1, 0.15) is 11.6 Å². The third kappa shape index (κ3) is 2.64. The zero-order valence-electron chi connectivity index (χ0n) is 13.7. The first-order valence-electron chi connectivity index (χ1n) is 8.41. The quantitative estimate of drug-likeness (QED) is 0.771. The minimum Gasteiger partial charge on any atom is -0.508 e. The van der Waals surface area contributed by atoms with E-state index in [1.54, 1.807) is 29.2 Å². The molecule has 0 aromatic heterocycles. The van der Waals surface area contributed by atoms with Gasteiger partial charge in [0.25, 0.3) is 0 Å². The van der Waals surface area contributed by atoms with Gasteiger partial charge in [-0.1, -0.05) is 48.5 Å². The van der Waals surface area contributed by atoms with Crippen LogP contribution >= 0.6 is 0 Å². The van der Waals surface area contributed by atoms with Crippen LogP contribution in [0, 0.1) is 5.82 Å². The van der Waals surface area contributed by atoms with Crippen LogP contribution in [0.15, 0.2) is 60.7 Å². The smallest absolute Gasteiger partial charge is 0.223 e. The average molecular weight is 335 g/mol. The molecular formula is C21H18FNO2. The summed E-state index contributed by atoms with van der Waals surface area (Å²) >= 11 is 0. The fourth-order valence-electron chi connectivity index (χ4n) is 3.69. The lowest BCUT2D eigenvalue weighted by molar-refractivity contribution is -0.129. The molecule has 25 heavy (non-hydrogen) atoms. The highest BCUT2D eigenvalue weighted by Gasteiger charge is 2.34. The molecule has 1 amide bonds. The molecule has 126 valence electrons. The largest absolute Gasteiger partial charge is 0.508 e. The molecule has 0 spiro atoms. The highest BCUT2D eigenvalue weighted by molar-refractivity contribution is 5.89. The summed E-state index contributed by atoms with van der Waals surface area (Å²) < 4.78 is 14.6. The van der Waals surface area contributed by atoms with Crippen molar-refractivity contribution in [3.05, 3.63) is 77.6 Å². The Bertz CT molecular complexity index is 954. The predicted octanol–water partition coefficient (Wildman–Crippen LogP) is 4.40. The highest BCUT2D eigenvalue weighted by Crippen LogP contribution is 2.41. The van der Waals surface area contributed by atoms with Crippen LogP contribution < -0.4 is 0 Å². The third-order valence-electron chi connectivity index (χ3n) is 4.84. The number of aromatic hydroxyl groups is 1. The summed E-state index contributed by atoms with van der Waals surface area (Å²) in [4.78, 5) is 14.1. The van der Waals surface area contributed by atoms with Crippen molar-refractivity contribution < 1.29 is 14.3 Å². The minimum absolute atomic E-state index is 0.0133. The third-order valence-corrected chi connectivity index (χ3v) is 4.84. The van der Waals surface area contributed by atoms with E-state index in [1.165, 1.54) is 6.07 Å². The lowest BCUT2D eigenvalue weighted by Gasteiger charge is -2.30. The molecular weight excluding hydrogens is 317 g/mol. The maximum Gasteiger partial charge on any atom is 0.223 e. The first-order valence-corrected chi connectivity index (χ1v) is 8.41. The second kappa shape index (κ2) is 6.20. The van der Waals surface area contributed by atoms with Crippen LogP contribution in [0.25, 0.3) is 10.8 Å². The fraction of sp³-hybridized carbons (Fsp3) is 0.190. The number of amides is 1. The Balaban J connectivity index is 2.01. The number of fused-ring (bicyclic) bond motifs is 1. The fourth-order valence-corrected chi connectivity index (χ4v) is 3.69. The van der Waals surface area contributed by atoms with E-state index in [0.717, 1.165) is 17.2 Å². The number of carbonyl (C=O) groups excluding carboxylic acids is 1. The average Bonchev–Trinajstić information content (AvgIpc) is 3.04. The van der Waals surface area contributed by atoms with Crippen molar-refractivity contribution >= 4 is 16.7 Å². The topological polar surface area (TPSA) is 40.5 Å². The van der Waals surface area contributed by atoms with Crippen LogP contribution in [0.5, 0.6) is 5.75 Å². The van der Waals surface area contributed by atoms with Gasteiger partial charge in [0.05, 0.1) is 6.04 Å². The van der Waals surface area contributed by atoms with Gasteiger partial charge in [0.2, 0.25) is 5.91 Å². The van der Waals surface area contributed by atoms with Crippen molar-refractivity contribution in [1.29, 1.82) is 0 Å². The molecule has 4 rings (SSSR count). The molecule has 1 aliphatic heterocycles. The number of benzene rings is 3. The van der Waals surface area contributed by atoms with Gasteiger partial charge >= 0.3 is 0 Å². The van der Waals surface area contributed by atoms with Crippen molar-refractivity contribution in [3.8, 4) is 5.75 Å². The van der Waals surface area contributed by atoms with Crippen LogP contribution in [0.3, 0.4) is 0 Å². The lowest BCUT2D eigenvalue weighted by Crippen LogP contribution is -2.31. The van der Waals surface area contributed by atoms with Gasteiger partial charge in [-0.3, -0.25) is 4.79 Å². The van der Waals surface area contributed by atoms with Crippen molar-refractivity contribution in [3.63, 3.8) is 0 Å². The van der Waals surface area contributed by atoms with Crippen molar-refractivity contribution in [1.82, 2.24) is 4.90 Å². The monoisotopic (exact) mass is 335 g/mol. The van der Waals surface area contributed by atoms with Crippen LogP contribution in [0.4, 0.5) is 4.39 Å². The molecule has 0 radical (unpaired) electrons. The molecule has 1 saturated heterocycles. The summed E-state index contributed by atoms with van der Waals surface area (Å²) in [5, 5.41) is 12.4. The van der Waals surface area contributed by atoms with Crippen LogP contribution in [-0.4, -0.2) is 22.5 Å².